The Hall–Kier alpha value is -4.28. The van der Waals surface area contributed by atoms with E-state index in [2.05, 4.69) is 10.1 Å². The molecule has 1 aromatic carbocycles. The summed E-state index contributed by atoms with van der Waals surface area (Å²) in [7, 11) is -4.51. The Labute approximate surface area is 231 Å². The van der Waals surface area contributed by atoms with E-state index < -0.39 is 52.2 Å². The molecule has 0 aliphatic carbocycles. The van der Waals surface area contributed by atoms with Crippen molar-refractivity contribution in [1.82, 2.24) is 14.4 Å². The van der Waals surface area contributed by atoms with Crippen molar-refractivity contribution < 1.29 is 45.4 Å². The number of carbonyl (C=O) groups is 3. The molecule has 16 heteroatoms. The van der Waals surface area contributed by atoms with E-state index in [4.69, 9.17) is 10.5 Å². The first kappa shape index (κ1) is 31.3. The van der Waals surface area contributed by atoms with E-state index in [-0.39, 0.29) is 16.0 Å². The van der Waals surface area contributed by atoms with E-state index in [1.165, 1.54) is 40.9 Å². The van der Waals surface area contributed by atoms with Crippen molar-refractivity contribution in [3.63, 3.8) is 0 Å². The Morgan fingerprint density at radius 2 is 1.73 bits per heavy atom. The van der Waals surface area contributed by atoms with E-state index >= 15 is 0 Å². The number of amides is 1. The van der Waals surface area contributed by atoms with E-state index in [1.54, 1.807) is 6.07 Å². The number of fused-ring (bicyclic) bond motifs is 1. The maximum absolute atomic E-state index is 12.8. The average molecular weight is 599 g/mol. The zero-order valence-corrected chi connectivity index (χ0v) is 22.0. The molecular formula is C25H25F3N4O8S. The third kappa shape index (κ3) is 8.60. The Balaban J connectivity index is 1.81. The average Bonchev–Trinajstić information content (AvgIpc) is 2.92. The highest BCUT2D eigenvalue weighted by Gasteiger charge is 2.44. The van der Waals surface area contributed by atoms with Gasteiger partial charge in [-0.25, -0.2) is 18.0 Å². The summed E-state index contributed by atoms with van der Waals surface area (Å²) in [5, 5.41) is 2.17. The number of carbonyl (C=O) groups excluding carboxylic acids is 3. The van der Waals surface area contributed by atoms with Gasteiger partial charge in [0.1, 0.15) is 11.8 Å². The second-order valence-electron chi connectivity index (χ2n) is 8.49. The molecule has 0 bridgehead atoms. The van der Waals surface area contributed by atoms with Crippen molar-refractivity contribution in [2.24, 2.45) is 5.73 Å². The Morgan fingerprint density at radius 3 is 2.39 bits per heavy atom. The van der Waals surface area contributed by atoms with Gasteiger partial charge in [0.05, 0.1) is 17.0 Å². The molecule has 220 valence electrons. The molecule has 4 N–H and O–H groups in total. The summed E-state index contributed by atoms with van der Waals surface area (Å²) in [6.07, 6.45) is -2.66. The van der Waals surface area contributed by atoms with E-state index in [1.807, 2.05) is 4.72 Å². The molecule has 0 aliphatic heterocycles. The minimum atomic E-state index is -5.54. The molecule has 1 unspecified atom stereocenters. The lowest BCUT2D eigenvalue weighted by Gasteiger charge is -2.18. The molecule has 12 nitrogen and oxygen atoms in total. The van der Waals surface area contributed by atoms with Crippen LogP contribution in [0.25, 0.3) is 5.52 Å². The van der Waals surface area contributed by atoms with Gasteiger partial charge in [-0.3, -0.25) is 14.0 Å². The van der Waals surface area contributed by atoms with Crippen LogP contribution in [0, 0.1) is 0 Å². The second kappa shape index (κ2) is 13.4. The molecule has 0 radical (unpaired) electrons. The monoisotopic (exact) mass is 598 g/mol. The van der Waals surface area contributed by atoms with Gasteiger partial charge in [0.2, 0.25) is 10.0 Å². The number of benzene rings is 1. The number of nitrogens with one attached hydrogen (secondary N) is 2. The lowest BCUT2D eigenvalue weighted by atomic mass is 10.2. The molecule has 1 atom stereocenters. The number of halogens is 3. The Kier molecular flexibility index (Phi) is 10.2. The maximum Gasteiger partial charge on any atom is 0.491 e. The highest BCUT2D eigenvalue weighted by Crippen LogP contribution is 2.18. The third-order valence-electron chi connectivity index (χ3n) is 5.43. The highest BCUT2D eigenvalue weighted by atomic mass is 32.2. The summed E-state index contributed by atoms with van der Waals surface area (Å²) in [5.41, 5.74) is 4.89. The van der Waals surface area contributed by atoms with Gasteiger partial charge >= 0.3 is 18.1 Å². The first-order valence-electron chi connectivity index (χ1n) is 12.0. The van der Waals surface area contributed by atoms with Crippen molar-refractivity contribution in [2.45, 2.75) is 30.0 Å². The number of sulfonamides is 1. The molecule has 0 fully saturated rings. The van der Waals surface area contributed by atoms with E-state index in [0.717, 1.165) is 24.6 Å². The molecule has 2 heterocycles. The van der Waals surface area contributed by atoms with Crippen LogP contribution in [0.2, 0.25) is 0 Å². The molecule has 0 spiro atoms. The zero-order valence-electron chi connectivity index (χ0n) is 21.2. The number of hydrogen-bond acceptors (Lipinski definition) is 9. The number of unbranched alkanes of at least 4 members (excludes halogenated alkanes) is 1. The summed E-state index contributed by atoms with van der Waals surface area (Å²) < 4.78 is 75.7. The number of aromatic nitrogens is 1. The number of hydrogen-bond donors (Lipinski definition) is 3. The van der Waals surface area contributed by atoms with Crippen molar-refractivity contribution in [2.75, 3.05) is 19.7 Å². The van der Waals surface area contributed by atoms with Gasteiger partial charge in [-0.05, 0) is 43.7 Å². The van der Waals surface area contributed by atoms with Crippen LogP contribution in [0.5, 0.6) is 5.75 Å². The van der Waals surface area contributed by atoms with Gasteiger partial charge in [0, 0.05) is 30.4 Å². The predicted molar refractivity (Wildman–Crippen MR) is 137 cm³/mol. The number of esters is 2. The van der Waals surface area contributed by atoms with Crippen LogP contribution in [0.15, 0.2) is 70.5 Å². The molecule has 3 rings (SSSR count). The number of alkyl halides is 3. The molecule has 3 aromatic rings. The zero-order chi connectivity index (χ0) is 30.2. The summed E-state index contributed by atoms with van der Waals surface area (Å²) in [5.74, 6) is -5.35. The van der Waals surface area contributed by atoms with Crippen LogP contribution in [0.3, 0.4) is 0 Å². The van der Waals surface area contributed by atoms with Crippen LogP contribution in [-0.2, 0) is 24.3 Å². The Morgan fingerprint density at radius 1 is 1.02 bits per heavy atom. The SMILES string of the molecule is NCCCCOc1ccn2c(=O)cc(C(=O)NCC(NS(=O)(=O)c3ccccc3)C(=O)OC(=O)C(F)(F)F)cc2c1. The summed E-state index contributed by atoms with van der Waals surface area (Å²) >= 11 is 0. The predicted octanol–water partition coefficient (Wildman–Crippen LogP) is 1.13. The van der Waals surface area contributed by atoms with Gasteiger partial charge in [0.25, 0.3) is 11.5 Å². The first-order chi connectivity index (χ1) is 19.3. The lowest BCUT2D eigenvalue weighted by molar-refractivity contribution is -0.202. The number of rotatable bonds is 12. The van der Waals surface area contributed by atoms with E-state index in [9.17, 15) is 40.8 Å². The van der Waals surface area contributed by atoms with Crippen molar-refractivity contribution in [3.8, 4) is 5.75 Å². The molecule has 1 amide bonds. The van der Waals surface area contributed by atoms with Crippen molar-refractivity contribution in [3.05, 3.63) is 76.7 Å². The molecule has 2 aromatic heterocycles. The molecule has 0 aliphatic rings. The third-order valence-corrected chi connectivity index (χ3v) is 6.92. The lowest BCUT2D eigenvalue weighted by Crippen LogP contribution is -2.50. The fourth-order valence-corrected chi connectivity index (χ4v) is 4.62. The minimum absolute atomic E-state index is 0.209. The fraction of sp³-hybridized carbons (Fsp3) is 0.280. The second-order valence-corrected chi connectivity index (χ2v) is 10.2. The standard InChI is InChI=1S/C25H25F3N4O8S/c26-25(27,28)24(36)40-23(35)20(31-41(37,38)19-6-2-1-3-7-19)15-30-22(34)16-12-17-14-18(39-11-5-4-9-29)8-10-32(17)21(33)13-16/h1-3,6-8,10,12-14,20,31H,4-5,9,11,15,29H2,(H,30,34). The largest absolute Gasteiger partial charge is 0.493 e. The summed E-state index contributed by atoms with van der Waals surface area (Å²) in [4.78, 5) is 48.6. The Bertz CT molecular complexity index is 1580. The van der Waals surface area contributed by atoms with Crippen molar-refractivity contribution >= 4 is 33.4 Å². The van der Waals surface area contributed by atoms with Gasteiger partial charge in [-0.1, -0.05) is 18.2 Å². The maximum atomic E-state index is 12.8. The summed E-state index contributed by atoms with van der Waals surface area (Å²) in [6, 6.07) is 9.65. The van der Waals surface area contributed by atoms with Crippen LogP contribution in [-0.4, -0.2) is 62.6 Å². The number of pyridine rings is 2. The smallest absolute Gasteiger partial charge is 0.491 e. The van der Waals surface area contributed by atoms with Crippen LogP contribution >= 0.6 is 0 Å². The quantitative estimate of drug-likeness (QED) is 0.157. The normalized spacial score (nSPS) is 12.5. The number of ether oxygens (including phenoxy) is 2. The number of nitrogens with zero attached hydrogens (tertiary/aromatic N) is 1. The minimum Gasteiger partial charge on any atom is -0.493 e. The summed E-state index contributed by atoms with van der Waals surface area (Å²) in [6.45, 7) is -0.0661. The van der Waals surface area contributed by atoms with Gasteiger partial charge in [-0.15, -0.1) is 0 Å². The van der Waals surface area contributed by atoms with Gasteiger partial charge in [-0.2, -0.15) is 17.9 Å². The van der Waals surface area contributed by atoms with Crippen molar-refractivity contribution in [1.29, 1.82) is 0 Å². The van der Waals surface area contributed by atoms with Crippen LogP contribution in [0.4, 0.5) is 13.2 Å². The number of nitrogens with two attached hydrogens (primary N) is 1. The molecule has 0 saturated heterocycles. The van der Waals surface area contributed by atoms with Crippen LogP contribution < -0.4 is 26.1 Å². The van der Waals surface area contributed by atoms with Gasteiger partial charge in [0.15, 0.2) is 0 Å². The molecular weight excluding hydrogens is 573 g/mol. The highest BCUT2D eigenvalue weighted by molar-refractivity contribution is 7.89. The fourth-order valence-electron chi connectivity index (χ4n) is 3.42. The van der Waals surface area contributed by atoms with Crippen LogP contribution in [0.1, 0.15) is 23.2 Å². The molecule has 0 saturated carbocycles. The van der Waals surface area contributed by atoms with Gasteiger partial charge < -0.3 is 20.5 Å². The van der Waals surface area contributed by atoms with E-state index in [0.29, 0.717) is 25.3 Å². The first-order valence-corrected chi connectivity index (χ1v) is 13.5. The topological polar surface area (TPSA) is 175 Å². The molecule has 41 heavy (non-hydrogen) atoms.